The second-order valence-corrected chi connectivity index (χ2v) is 4.76. The Morgan fingerprint density at radius 3 is 2.76 bits per heavy atom. The Bertz CT molecular complexity index is 371. The van der Waals surface area contributed by atoms with Gasteiger partial charge >= 0.3 is 0 Å². The van der Waals surface area contributed by atoms with Crippen molar-refractivity contribution in [2.75, 3.05) is 13.7 Å². The zero-order valence-electron chi connectivity index (χ0n) is 10.0. The van der Waals surface area contributed by atoms with Crippen LogP contribution in [0.5, 0.6) is 11.5 Å². The summed E-state index contributed by atoms with van der Waals surface area (Å²) in [7, 11) is 1.52. The van der Waals surface area contributed by atoms with E-state index in [0.717, 1.165) is 10.0 Å². The molecule has 0 amide bonds. The molecule has 3 N–H and O–H groups in total. The monoisotopic (exact) mass is 303 g/mol. The molecule has 96 valence electrons. The summed E-state index contributed by atoms with van der Waals surface area (Å²) in [5.41, 5.74) is 1.00. The van der Waals surface area contributed by atoms with E-state index in [1.54, 1.807) is 12.1 Å². The molecule has 1 aromatic carbocycles. The molecule has 1 rings (SSSR count). The van der Waals surface area contributed by atoms with Crippen LogP contribution in [0.3, 0.4) is 0 Å². The fraction of sp³-hybridized carbons (Fsp3) is 0.500. The minimum atomic E-state index is 0.117. The number of aliphatic hydroxyl groups excluding tert-OH is 1. The zero-order chi connectivity index (χ0) is 12.8. The number of aliphatic hydroxyl groups is 1. The maximum absolute atomic E-state index is 9.57. The SMILES string of the molecule is COc1cc(CNC(C)CCO)c(Br)cc1O. The van der Waals surface area contributed by atoms with E-state index < -0.39 is 0 Å². The Balaban J connectivity index is 2.70. The highest BCUT2D eigenvalue weighted by Crippen LogP contribution is 2.32. The molecule has 0 aromatic heterocycles. The van der Waals surface area contributed by atoms with E-state index in [2.05, 4.69) is 21.2 Å². The standard InChI is InChI=1S/C12H18BrNO3/c1-8(3-4-15)14-7-9-5-12(17-2)11(16)6-10(9)13/h5-6,8,14-16H,3-4,7H2,1-2H3. The largest absolute Gasteiger partial charge is 0.504 e. The smallest absolute Gasteiger partial charge is 0.160 e. The van der Waals surface area contributed by atoms with Gasteiger partial charge in [-0.15, -0.1) is 0 Å². The third-order valence-corrected chi connectivity index (χ3v) is 3.29. The van der Waals surface area contributed by atoms with Crippen LogP contribution in [0.15, 0.2) is 16.6 Å². The molecule has 17 heavy (non-hydrogen) atoms. The lowest BCUT2D eigenvalue weighted by Gasteiger charge is -2.14. The first-order valence-corrected chi connectivity index (χ1v) is 6.27. The third kappa shape index (κ3) is 4.18. The van der Waals surface area contributed by atoms with Crippen molar-refractivity contribution >= 4 is 15.9 Å². The number of aromatic hydroxyl groups is 1. The molecule has 0 fully saturated rings. The molecule has 0 aliphatic heterocycles. The number of nitrogens with one attached hydrogen (secondary N) is 1. The van der Waals surface area contributed by atoms with E-state index in [1.165, 1.54) is 7.11 Å². The third-order valence-electron chi connectivity index (χ3n) is 2.55. The number of rotatable bonds is 6. The minimum Gasteiger partial charge on any atom is -0.504 e. The lowest BCUT2D eigenvalue weighted by Crippen LogP contribution is -2.26. The van der Waals surface area contributed by atoms with Gasteiger partial charge in [0, 0.05) is 23.7 Å². The summed E-state index contributed by atoms with van der Waals surface area (Å²) in [6.45, 7) is 2.84. The maximum atomic E-state index is 9.57. The average Bonchev–Trinajstić information content (AvgIpc) is 2.28. The number of hydrogen-bond donors (Lipinski definition) is 3. The van der Waals surface area contributed by atoms with Gasteiger partial charge in [0.05, 0.1) is 7.11 Å². The summed E-state index contributed by atoms with van der Waals surface area (Å²) in [5.74, 6) is 0.575. The van der Waals surface area contributed by atoms with Gasteiger partial charge in [0.1, 0.15) is 0 Å². The van der Waals surface area contributed by atoms with Gasteiger partial charge in [0.2, 0.25) is 0 Å². The fourth-order valence-electron chi connectivity index (χ4n) is 1.46. The topological polar surface area (TPSA) is 61.7 Å². The van der Waals surface area contributed by atoms with Gasteiger partial charge in [-0.3, -0.25) is 0 Å². The summed E-state index contributed by atoms with van der Waals surface area (Å²) in [6.07, 6.45) is 0.715. The van der Waals surface area contributed by atoms with Crippen LogP contribution < -0.4 is 10.1 Å². The summed E-state index contributed by atoms with van der Waals surface area (Å²) >= 11 is 3.39. The average molecular weight is 304 g/mol. The Hall–Kier alpha value is -0.780. The molecule has 0 bridgehead atoms. The predicted octanol–water partition coefficient (Wildman–Crippen LogP) is 2.02. The van der Waals surface area contributed by atoms with Crippen LogP contribution in [0.2, 0.25) is 0 Å². The molecular weight excluding hydrogens is 286 g/mol. The lowest BCUT2D eigenvalue weighted by atomic mass is 10.1. The van der Waals surface area contributed by atoms with Crippen LogP contribution >= 0.6 is 15.9 Å². The first kappa shape index (κ1) is 14.3. The van der Waals surface area contributed by atoms with E-state index in [1.807, 2.05) is 6.92 Å². The molecule has 1 atom stereocenters. The normalized spacial score (nSPS) is 12.5. The molecule has 0 radical (unpaired) electrons. The number of phenols is 1. The highest BCUT2D eigenvalue weighted by Gasteiger charge is 2.09. The Kier molecular flexibility index (Phi) is 5.74. The maximum Gasteiger partial charge on any atom is 0.160 e. The van der Waals surface area contributed by atoms with Crippen molar-refractivity contribution in [1.29, 1.82) is 0 Å². The van der Waals surface area contributed by atoms with Gasteiger partial charge in [-0.1, -0.05) is 15.9 Å². The highest BCUT2D eigenvalue weighted by molar-refractivity contribution is 9.10. The molecule has 0 aliphatic rings. The molecule has 1 unspecified atom stereocenters. The van der Waals surface area contributed by atoms with Crippen molar-refractivity contribution in [3.8, 4) is 11.5 Å². The summed E-state index contributed by atoms with van der Waals surface area (Å²) < 4.78 is 5.89. The van der Waals surface area contributed by atoms with Crippen molar-refractivity contribution in [1.82, 2.24) is 5.32 Å². The minimum absolute atomic E-state index is 0.117. The predicted molar refractivity (Wildman–Crippen MR) is 70.4 cm³/mol. The fourth-order valence-corrected chi connectivity index (χ4v) is 1.94. The quantitative estimate of drug-likeness (QED) is 0.752. The van der Waals surface area contributed by atoms with Crippen LogP contribution in [0.25, 0.3) is 0 Å². The van der Waals surface area contributed by atoms with E-state index in [9.17, 15) is 5.11 Å². The van der Waals surface area contributed by atoms with Crippen LogP contribution in [-0.4, -0.2) is 30.0 Å². The molecular formula is C12H18BrNO3. The Labute approximate surface area is 110 Å². The van der Waals surface area contributed by atoms with Crippen molar-refractivity contribution in [3.63, 3.8) is 0 Å². The van der Waals surface area contributed by atoms with Crippen LogP contribution in [-0.2, 0) is 6.54 Å². The van der Waals surface area contributed by atoms with Gasteiger partial charge in [0.15, 0.2) is 11.5 Å². The van der Waals surface area contributed by atoms with E-state index >= 15 is 0 Å². The molecule has 0 spiro atoms. The van der Waals surface area contributed by atoms with Gasteiger partial charge in [-0.25, -0.2) is 0 Å². The summed E-state index contributed by atoms with van der Waals surface area (Å²) in [6, 6.07) is 3.65. The highest BCUT2D eigenvalue weighted by atomic mass is 79.9. The first-order valence-electron chi connectivity index (χ1n) is 5.48. The van der Waals surface area contributed by atoms with Crippen LogP contribution in [0.1, 0.15) is 18.9 Å². The Morgan fingerprint density at radius 2 is 2.18 bits per heavy atom. The molecule has 4 nitrogen and oxygen atoms in total. The lowest BCUT2D eigenvalue weighted by molar-refractivity contribution is 0.268. The molecule has 0 heterocycles. The van der Waals surface area contributed by atoms with Gasteiger partial charge in [-0.05, 0) is 31.0 Å². The molecule has 0 aliphatic carbocycles. The van der Waals surface area contributed by atoms with E-state index in [0.29, 0.717) is 18.7 Å². The molecule has 5 heteroatoms. The van der Waals surface area contributed by atoms with E-state index in [-0.39, 0.29) is 18.4 Å². The second-order valence-electron chi connectivity index (χ2n) is 3.91. The summed E-state index contributed by atoms with van der Waals surface area (Å²) in [5, 5.41) is 21.7. The molecule has 1 aromatic rings. The van der Waals surface area contributed by atoms with Crippen molar-refractivity contribution in [2.24, 2.45) is 0 Å². The summed E-state index contributed by atoms with van der Waals surface area (Å²) in [4.78, 5) is 0. The number of phenolic OH excluding ortho intramolecular Hbond substituents is 1. The first-order chi connectivity index (χ1) is 8.08. The van der Waals surface area contributed by atoms with Gasteiger partial charge in [0.25, 0.3) is 0 Å². The Morgan fingerprint density at radius 1 is 1.47 bits per heavy atom. The number of halogens is 1. The van der Waals surface area contributed by atoms with Gasteiger partial charge < -0.3 is 20.3 Å². The van der Waals surface area contributed by atoms with Crippen molar-refractivity contribution in [2.45, 2.75) is 25.9 Å². The second kappa shape index (κ2) is 6.83. The van der Waals surface area contributed by atoms with Crippen molar-refractivity contribution < 1.29 is 14.9 Å². The van der Waals surface area contributed by atoms with E-state index in [4.69, 9.17) is 9.84 Å². The van der Waals surface area contributed by atoms with Gasteiger partial charge in [-0.2, -0.15) is 0 Å². The number of methoxy groups -OCH3 is 1. The van der Waals surface area contributed by atoms with Crippen LogP contribution in [0.4, 0.5) is 0 Å². The molecule has 0 saturated heterocycles. The number of benzene rings is 1. The number of hydrogen-bond acceptors (Lipinski definition) is 4. The van der Waals surface area contributed by atoms with Crippen LogP contribution in [0, 0.1) is 0 Å². The van der Waals surface area contributed by atoms with Crippen molar-refractivity contribution in [3.05, 3.63) is 22.2 Å². The number of ether oxygens (including phenoxy) is 1. The molecule has 0 saturated carbocycles. The zero-order valence-corrected chi connectivity index (χ0v) is 11.6.